The van der Waals surface area contributed by atoms with Gasteiger partial charge in [-0.25, -0.2) is 4.79 Å². The molecule has 0 aliphatic rings. The van der Waals surface area contributed by atoms with Gasteiger partial charge in [0.1, 0.15) is 11.8 Å². The lowest BCUT2D eigenvalue weighted by Crippen LogP contribution is -2.33. The van der Waals surface area contributed by atoms with Gasteiger partial charge in [0.2, 0.25) is 0 Å². The van der Waals surface area contributed by atoms with Gasteiger partial charge < -0.3 is 10.5 Å². The van der Waals surface area contributed by atoms with Gasteiger partial charge in [0.15, 0.2) is 0 Å². The number of nitrogens with two attached hydrogens (primary N) is 1. The predicted octanol–water partition coefficient (Wildman–Crippen LogP) is 1.64. The maximum absolute atomic E-state index is 11.3. The predicted molar refractivity (Wildman–Crippen MR) is 55.1 cm³/mol. The van der Waals surface area contributed by atoms with E-state index in [1.807, 2.05) is 26.0 Å². The largest absolute Gasteiger partial charge is 0.425 e. The molecule has 0 aliphatic heterocycles. The summed E-state index contributed by atoms with van der Waals surface area (Å²) in [6.07, 6.45) is 0.588. The molecule has 0 fully saturated rings. The third-order valence-electron chi connectivity index (χ3n) is 1.98. The number of hydrogen-bond acceptors (Lipinski definition) is 3. The Morgan fingerprint density at radius 3 is 2.50 bits per heavy atom. The van der Waals surface area contributed by atoms with E-state index in [-0.39, 0.29) is 5.97 Å². The molecule has 0 heterocycles. The SMILES string of the molecule is CCC(N)C(=O)Oc1ccc(C)cc1. The smallest absolute Gasteiger partial charge is 0.328 e. The van der Waals surface area contributed by atoms with Gasteiger partial charge in [-0.05, 0) is 25.5 Å². The molecule has 1 atom stereocenters. The van der Waals surface area contributed by atoms with E-state index in [2.05, 4.69) is 0 Å². The van der Waals surface area contributed by atoms with Crippen LogP contribution >= 0.6 is 0 Å². The minimum atomic E-state index is -0.531. The number of rotatable bonds is 3. The third-order valence-corrected chi connectivity index (χ3v) is 1.98. The van der Waals surface area contributed by atoms with Crippen LogP contribution < -0.4 is 10.5 Å². The summed E-state index contributed by atoms with van der Waals surface area (Å²) in [7, 11) is 0. The van der Waals surface area contributed by atoms with E-state index < -0.39 is 6.04 Å². The van der Waals surface area contributed by atoms with Crippen LogP contribution in [0.15, 0.2) is 24.3 Å². The number of esters is 1. The van der Waals surface area contributed by atoms with Gasteiger partial charge in [0.05, 0.1) is 0 Å². The van der Waals surface area contributed by atoms with Gasteiger partial charge in [-0.3, -0.25) is 0 Å². The van der Waals surface area contributed by atoms with Crippen molar-refractivity contribution in [2.75, 3.05) is 0 Å². The standard InChI is InChI=1S/C11H15NO2/c1-3-10(12)11(13)14-9-6-4-8(2)5-7-9/h4-7,10H,3,12H2,1-2H3. The van der Waals surface area contributed by atoms with Crippen LogP contribution in [-0.4, -0.2) is 12.0 Å². The minimum Gasteiger partial charge on any atom is -0.425 e. The van der Waals surface area contributed by atoms with Gasteiger partial charge in [-0.2, -0.15) is 0 Å². The molecule has 0 aromatic heterocycles. The highest BCUT2D eigenvalue weighted by atomic mass is 16.5. The molecule has 2 N–H and O–H groups in total. The van der Waals surface area contributed by atoms with Crippen LogP contribution in [0.25, 0.3) is 0 Å². The molecule has 76 valence electrons. The van der Waals surface area contributed by atoms with Crippen LogP contribution in [0, 0.1) is 6.92 Å². The first-order valence-electron chi connectivity index (χ1n) is 4.67. The normalized spacial score (nSPS) is 12.2. The summed E-state index contributed by atoms with van der Waals surface area (Å²) in [5, 5.41) is 0. The zero-order chi connectivity index (χ0) is 10.6. The van der Waals surface area contributed by atoms with Crippen molar-refractivity contribution >= 4 is 5.97 Å². The number of hydrogen-bond donors (Lipinski definition) is 1. The number of aryl methyl sites for hydroxylation is 1. The summed E-state index contributed by atoms with van der Waals surface area (Å²) in [6, 6.07) is 6.77. The van der Waals surface area contributed by atoms with Gasteiger partial charge >= 0.3 is 5.97 Å². The van der Waals surface area contributed by atoms with Crippen LogP contribution in [0.2, 0.25) is 0 Å². The summed E-state index contributed by atoms with van der Waals surface area (Å²) >= 11 is 0. The van der Waals surface area contributed by atoms with Crippen molar-refractivity contribution in [2.24, 2.45) is 5.73 Å². The molecule has 3 heteroatoms. The second-order valence-electron chi connectivity index (χ2n) is 3.25. The molecular weight excluding hydrogens is 178 g/mol. The zero-order valence-corrected chi connectivity index (χ0v) is 8.49. The molecule has 1 aromatic rings. The second-order valence-corrected chi connectivity index (χ2v) is 3.25. The quantitative estimate of drug-likeness (QED) is 0.586. The Bertz CT molecular complexity index is 306. The Morgan fingerprint density at radius 1 is 1.43 bits per heavy atom. The van der Waals surface area contributed by atoms with E-state index in [1.54, 1.807) is 12.1 Å². The van der Waals surface area contributed by atoms with Crippen molar-refractivity contribution in [3.63, 3.8) is 0 Å². The average molecular weight is 193 g/mol. The van der Waals surface area contributed by atoms with E-state index in [4.69, 9.17) is 10.5 Å². The monoisotopic (exact) mass is 193 g/mol. The van der Waals surface area contributed by atoms with E-state index in [1.165, 1.54) is 0 Å². The van der Waals surface area contributed by atoms with Crippen molar-refractivity contribution in [1.82, 2.24) is 0 Å². The fourth-order valence-corrected chi connectivity index (χ4v) is 0.965. The van der Waals surface area contributed by atoms with Crippen LogP contribution in [0.3, 0.4) is 0 Å². The fourth-order valence-electron chi connectivity index (χ4n) is 0.965. The topological polar surface area (TPSA) is 52.3 Å². The van der Waals surface area contributed by atoms with E-state index in [0.29, 0.717) is 12.2 Å². The summed E-state index contributed by atoms with van der Waals surface area (Å²) < 4.78 is 5.06. The van der Waals surface area contributed by atoms with Crippen LogP contribution in [0.5, 0.6) is 5.75 Å². The Hall–Kier alpha value is -1.35. The van der Waals surface area contributed by atoms with Gasteiger partial charge in [-0.1, -0.05) is 24.6 Å². The van der Waals surface area contributed by atoms with Crippen LogP contribution in [0.1, 0.15) is 18.9 Å². The number of ether oxygens (including phenoxy) is 1. The van der Waals surface area contributed by atoms with Crippen molar-refractivity contribution in [1.29, 1.82) is 0 Å². The van der Waals surface area contributed by atoms with Crippen molar-refractivity contribution in [3.8, 4) is 5.75 Å². The molecular formula is C11H15NO2. The maximum Gasteiger partial charge on any atom is 0.328 e. The first-order chi connectivity index (χ1) is 6.63. The van der Waals surface area contributed by atoms with Gasteiger partial charge in [-0.15, -0.1) is 0 Å². The fraction of sp³-hybridized carbons (Fsp3) is 0.364. The van der Waals surface area contributed by atoms with E-state index >= 15 is 0 Å². The highest BCUT2D eigenvalue weighted by Gasteiger charge is 2.12. The molecule has 0 radical (unpaired) electrons. The van der Waals surface area contributed by atoms with E-state index in [9.17, 15) is 4.79 Å². The zero-order valence-electron chi connectivity index (χ0n) is 8.49. The molecule has 1 aromatic carbocycles. The minimum absolute atomic E-state index is 0.378. The number of carbonyl (C=O) groups excluding carboxylic acids is 1. The third kappa shape index (κ3) is 2.85. The molecule has 0 saturated carbocycles. The van der Waals surface area contributed by atoms with Crippen molar-refractivity contribution in [2.45, 2.75) is 26.3 Å². The second kappa shape index (κ2) is 4.77. The number of carbonyl (C=O) groups is 1. The molecule has 1 unspecified atom stereocenters. The molecule has 0 aliphatic carbocycles. The van der Waals surface area contributed by atoms with Crippen LogP contribution in [-0.2, 0) is 4.79 Å². The molecule has 0 spiro atoms. The average Bonchev–Trinajstić information content (AvgIpc) is 2.20. The Balaban J connectivity index is 2.60. The Morgan fingerprint density at radius 2 is 2.00 bits per heavy atom. The summed E-state index contributed by atoms with van der Waals surface area (Å²) in [5.74, 6) is 0.167. The van der Waals surface area contributed by atoms with Crippen molar-refractivity contribution in [3.05, 3.63) is 29.8 Å². The lowest BCUT2D eigenvalue weighted by atomic mass is 10.2. The first kappa shape index (κ1) is 10.7. The molecule has 1 rings (SSSR count). The highest BCUT2D eigenvalue weighted by Crippen LogP contribution is 2.12. The van der Waals surface area contributed by atoms with Crippen LogP contribution in [0.4, 0.5) is 0 Å². The van der Waals surface area contributed by atoms with Gasteiger partial charge in [0, 0.05) is 0 Å². The van der Waals surface area contributed by atoms with Gasteiger partial charge in [0.25, 0.3) is 0 Å². The molecule has 3 nitrogen and oxygen atoms in total. The molecule has 14 heavy (non-hydrogen) atoms. The summed E-state index contributed by atoms with van der Waals surface area (Å²) in [6.45, 7) is 3.82. The lowest BCUT2D eigenvalue weighted by molar-refractivity contribution is -0.135. The number of benzene rings is 1. The first-order valence-corrected chi connectivity index (χ1v) is 4.67. The lowest BCUT2D eigenvalue weighted by Gasteiger charge is -2.08. The Kier molecular flexibility index (Phi) is 3.65. The summed E-state index contributed by atoms with van der Waals surface area (Å²) in [5.41, 5.74) is 6.65. The molecule has 0 bridgehead atoms. The van der Waals surface area contributed by atoms with E-state index in [0.717, 1.165) is 5.56 Å². The van der Waals surface area contributed by atoms with Crippen molar-refractivity contribution < 1.29 is 9.53 Å². The molecule has 0 amide bonds. The summed E-state index contributed by atoms with van der Waals surface area (Å²) in [4.78, 5) is 11.3. The Labute approximate surface area is 83.9 Å². The maximum atomic E-state index is 11.3. The highest BCUT2D eigenvalue weighted by molar-refractivity contribution is 5.77. The molecule has 0 saturated heterocycles.